The van der Waals surface area contributed by atoms with Gasteiger partial charge >= 0.3 is 6.03 Å². The number of amides is 2. The maximum atomic E-state index is 12.0. The topological polar surface area (TPSA) is 35.6 Å². The van der Waals surface area contributed by atoms with Gasteiger partial charge in [0.1, 0.15) is 0 Å². The van der Waals surface area contributed by atoms with E-state index in [1.807, 2.05) is 4.90 Å². The van der Waals surface area contributed by atoms with E-state index in [4.69, 9.17) is 0 Å². The number of aryl methyl sites for hydroxylation is 1. The second-order valence-electron chi connectivity index (χ2n) is 5.98. The molecule has 1 aliphatic heterocycles. The van der Waals surface area contributed by atoms with Gasteiger partial charge in [-0.3, -0.25) is 4.90 Å². The predicted molar refractivity (Wildman–Crippen MR) is 79.6 cm³/mol. The Morgan fingerprint density at radius 2 is 2.00 bits per heavy atom. The van der Waals surface area contributed by atoms with E-state index >= 15 is 0 Å². The number of rotatable bonds is 3. The van der Waals surface area contributed by atoms with Crippen LogP contribution in [0.25, 0.3) is 0 Å². The van der Waals surface area contributed by atoms with Crippen molar-refractivity contribution in [1.82, 2.24) is 15.1 Å². The Kier molecular flexibility index (Phi) is 3.92. The second kappa shape index (κ2) is 5.83. The molecule has 0 aromatic heterocycles. The quantitative estimate of drug-likeness (QED) is 0.914. The van der Waals surface area contributed by atoms with Crippen molar-refractivity contribution >= 4 is 6.03 Å². The number of carbonyl (C=O) groups is 1. The fraction of sp³-hybridized carbons (Fsp3) is 0.562. The van der Waals surface area contributed by atoms with Gasteiger partial charge in [0.05, 0.1) is 0 Å². The molecule has 108 valence electrons. The molecule has 2 aliphatic rings. The summed E-state index contributed by atoms with van der Waals surface area (Å²) in [5.41, 5.74) is 2.67. The van der Waals surface area contributed by atoms with Crippen molar-refractivity contribution < 1.29 is 4.79 Å². The lowest BCUT2D eigenvalue weighted by atomic mass is 10.1. The van der Waals surface area contributed by atoms with E-state index in [0.717, 1.165) is 45.6 Å². The summed E-state index contributed by atoms with van der Waals surface area (Å²) in [5.74, 6) is 0. The van der Waals surface area contributed by atoms with E-state index < -0.39 is 0 Å². The molecule has 0 spiro atoms. The molecule has 1 saturated heterocycles. The Morgan fingerprint density at radius 3 is 2.65 bits per heavy atom. The largest absolute Gasteiger partial charge is 0.335 e. The highest BCUT2D eigenvalue weighted by atomic mass is 16.2. The van der Waals surface area contributed by atoms with Crippen LogP contribution in [0.3, 0.4) is 0 Å². The molecule has 1 aromatic rings. The molecule has 0 radical (unpaired) electrons. The van der Waals surface area contributed by atoms with Crippen molar-refractivity contribution in [2.45, 2.75) is 32.4 Å². The summed E-state index contributed by atoms with van der Waals surface area (Å²) in [6.07, 6.45) is 2.30. The third-order valence-corrected chi connectivity index (χ3v) is 4.05. The Balaban J connectivity index is 1.47. The molecule has 0 unspecified atom stereocenters. The Hall–Kier alpha value is -1.55. The zero-order valence-electron chi connectivity index (χ0n) is 12.1. The van der Waals surface area contributed by atoms with Gasteiger partial charge in [-0.2, -0.15) is 0 Å². The number of carbonyl (C=O) groups excluding carboxylic acids is 1. The van der Waals surface area contributed by atoms with Crippen molar-refractivity contribution in [3.8, 4) is 0 Å². The summed E-state index contributed by atoms with van der Waals surface area (Å²) in [6.45, 7) is 6.72. The maximum absolute atomic E-state index is 12.0. The van der Waals surface area contributed by atoms with Crippen molar-refractivity contribution in [3.05, 3.63) is 35.4 Å². The fourth-order valence-electron chi connectivity index (χ4n) is 2.67. The summed E-state index contributed by atoms with van der Waals surface area (Å²) in [6, 6.07) is 9.24. The van der Waals surface area contributed by atoms with Gasteiger partial charge < -0.3 is 10.2 Å². The molecule has 4 heteroatoms. The van der Waals surface area contributed by atoms with Gasteiger partial charge in [-0.15, -0.1) is 0 Å². The van der Waals surface area contributed by atoms with E-state index in [0.29, 0.717) is 6.04 Å². The van der Waals surface area contributed by atoms with E-state index in [9.17, 15) is 4.79 Å². The number of piperazine rings is 1. The Morgan fingerprint density at radius 1 is 1.25 bits per heavy atom. The first kappa shape index (κ1) is 13.4. The first-order chi connectivity index (χ1) is 9.70. The van der Waals surface area contributed by atoms with Crippen LogP contribution in [0.5, 0.6) is 0 Å². The predicted octanol–water partition coefficient (Wildman–Crippen LogP) is 1.98. The summed E-state index contributed by atoms with van der Waals surface area (Å²) >= 11 is 0. The lowest BCUT2D eigenvalue weighted by Crippen LogP contribution is -2.51. The SMILES string of the molecule is Cc1cccc(CN2CCN(C(=O)NC3CC3)CC2)c1. The van der Waals surface area contributed by atoms with Gasteiger partial charge in [0.25, 0.3) is 0 Å². The maximum Gasteiger partial charge on any atom is 0.317 e. The van der Waals surface area contributed by atoms with Crippen LogP contribution in [0.2, 0.25) is 0 Å². The molecule has 1 N–H and O–H groups in total. The third-order valence-electron chi connectivity index (χ3n) is 4.05. The molecule has 2 amide bonds. The molecule has 3 rings (SSSR count). The van der Waals surface area contributed by atoms with Crippen LogP contribution in [0, 0.1) is 6.92 Å². The number of nitrogens with zero attached hydrogens (tertiary/aromatic N) is 2. The van der Waals surface area contributed by atoms with E-state index in [-0.39, 0.29) is 6.03 Å². The highest BCUT2D eigenvalue weighted by molar-refractivity contribution is 5.75. The molecular formula is C16H23N3O. The summed E-state index contributed by atoms with van der Waals surface area (Å²) in [7, 11) is 0. The number of urea groups is 1. The van der Waals surface area contributed by atoms with Crippen LogP contribution >= 0.6 is 0 Å². The molecule has 4 nitrogen and oxygen atoms in total. The van der Waals surface area contributed by atoms with Gasteiger partial charge in [-0.1, -0.05) is 29.8 Å². The molecule has 20 heavy (non-hydrogen) atoms. The van der Waals surface area contributed by atoms with Gasteiger partial charge in [0.15, 0.2) is 0 Å². The molecule has 2 fully saturated rings. The average molecular weight is 273 g/mol. The normalized spacial score (nSPS) is 19.9. The van der Waals surface area contributed by atoms with E-state index in [2.05, 4.69) is 41.4 Å². The lowest BCUT2D eigenvalue weighted by molar-refractivity contribution is 0.135. The van der Waals surface area contributed by atoms with E-state index in [1.165, 1.54) is 11.1 Å². The zero-order chi connectivity index (χ0) is 13.9. The highest BCUT2D eigenvalue weighted by Gasteiger charge is 2.27. The number of nitrogens with one attached hydrogen (secondary N) is 1. The summed E-state index contributed by atoms with van der Waals surface area (Å²) in [5, 5.41) is 3.06. The minimum Gasteiger partial charge on any atom is -0.335 e. The number of hydrogen-bond donors (Lipinski definition) is 1. The molecule has 1 heterocycles. The van der Waals surface area contributed by atoms with Crippen molar-refractivity contribution in [3.63, 3.8) is 0 Å². The number of hydrogen-bond acceptors (Lipinski definition) is 2. The van der Waals surface area contributed by atoms with Crippen molar-refractivity contribution in [2.75, 3.05) is 26.2 Å². The smallest absolute Gasteiger partial charge is 0.317 e. The number of benzene rings is 1. The van der Waals surface area contributed by atoms with Crippen LogP contribution in [0.1, 0.15) is 24.0 Å². The van der Waals surface area contributed by atoms with Crippen LogP contribution in [-0.2, 0) is 6.54 Å². The lowest BCUT2D eigenvalue weighted by Gasteiger charge is -2.34. The van der Waals surface area contributed by atoms with Gasteiger partial charge in [0.2, 0.25) is 0 Å². The van der Waals surface area contributed by atoms with Crippen LogP contribution in [0.4, 0.5) is 4.79 Å². The van der Waals surface area contributed by atoms with E-state index in [1.54, 1.807) is 0 Å². The Labute approximate surface area is 120 Å². The second-order valence-corrected chi connectivity index (χ2v) is 5.98. The monoisotopic (exact) mass is 273 g/mol. The molecular weight excluding hydrogens is 250 g/mol. The van der Waals surface area contributed by atoms with Crippen LogP contribution < -0.4 is 5.32 Å². The van der Waals surface area contributed by atoms with Crippen molar-refractivity contribution in [1.29, 1.82) is 0 Å². The first-order valence-corrected chi connectivity index (χ1v) is 7.54. The first-order valence-electron chi connectivity index (χ1n) is 7.54. The Bertz CT molecular complexity index is 476. The average Bonchev–Trinajstić information content (AvgIpc) is 3.23. The third kappa shape index (κ3) is 3.51. The molecule has 1 aromatic carbocycles. The molecule has 1 saturated carbocycles. The minimum absolute atomic E-state index is 0.128. The van der Waals surface area contributed by atoms with Gasteiger partial charge in [-0.05, 0) is 25.3 Å². The summed E-state index contributed by atoms with van der Waals surface area (Å²) in [4.78, 5) is 16.3. The van der Waals surface area contributed by atoms with Gasteiger partial charge in [-0.25, -0.2) is 4.79 Å². The fourth-order valence-corrected chi connectivity index (χ4v) is 2.67. The van der Waals surface area contributed by atoms with Crippen LogP contribution in [-0.4, -0.2) is 48.1 Å². The molecule has 0 bridgehead atoms. The standard InChI is InChI=1S/C16H23N3O/c1-13-3-2-4-14(11-13)12-18-7-9-19(10-8-18)16(20)17-15-5-6-15/h2-4,11,15H,5-10,12H2,1H3,(H,17,20). The highest BCUT2D eigenvalue weighted by Crippen LogP contribution is 2.19. The van der Waals surface area contributed by atoms with Gasteiger partial charge in [0, 0.05) is 38.8 Å². The summed E-state index contributed by atoms with van der Waals surface area (Å²) < 4.78 is 0. The minimum atomic E-state index is 0.128. The van der Waals surface area contributed by atoms with Crippen LogP contribution in [0.15, 0.2) is 24.3 Å². The zero-order valence-corrected chi connectivity index (χ0v) is 12.1. The molecule has 1 aliphatic carbocycles. The van der Waals surface area contributed by atoms with Crippen molar-refractivity contribution in [2.24, 2.45) is 0 Å². The molecule has 0 atom stereocenters.